The monoisotopic (exact) mass is 488 g/mol. The Kier molecular flexibility index (Phi) is 5.15. The van der Waals surface area contributed by atoms with E-state index < -0.39 is 0 Å². The molecule has 0 fully saturated rings. The third kappa shape index (κ3) is 3.36. The van der Waals surface area contributed by atoms with Crippen molar-refractivity contribution in [3.05, 3.63) is 111 Å². The van der Waals surface area contributed by atoms with Crippen LogP contribution in [-0.2, 0) is 0 Å². The van der Waals surface area contributed by atoms with Crippen molar-refractivity contribution in [1.82, 2.24) is 0 Å². The van der Waals surface area contributed by atoms with Crippen molar-refractivity contribution in [2.24, 2.45) is 5.92 Å². The molecule has 0 radical (unpaired) electrons. The van der Waals surface area contributed by atoms with Gasteiger partial charge in [-0.15, -0.1) is 0 Å². The Morgan fingerprint density at radius 1 is 0.579 bits per heavy atom. The van der Waals surface area contributed by atoms with E-state index in [4.69, 9.17) is 0 Å². The van der Waals surface area contributed by atoms with Gasteiger partial charge in [0, 0.05) is 0 Å². The molecule has 0 amide bonds. The number of allylic oxidation sites excluding steroid dienone is 6. The first-order chi connectivity index (χ1) is 18.9. The molecule has 1 atom stereocenters. The van der Waals surface area contributed by atoms with Gasteiger partial charge in [0.1, 0.15) is 0 Å². The van der Waals surface area contributed by atoms with E-state index in [1.54, 1.807) is 0 Å². The van der Waals surface area contributed by atoms with Crippen molar-refractivity contribution in [2.75, 3.05) is 0 Å². The second-order valence-corrected chi connectivity index (χ2v) is 11.3. The number of hydrogen-bond acceptors (Lipinski definition) is 0. The zero-order chi connectivity index (χ0) is 25.1. The molecular weight excluding hydrogens is 456 g/mol. The van der Waals surface area contributed by atoms with Crippen LogP contribution in [0.1, 0.15) is 50.5 Å². The molecule has 184 valence electrons. The average Bonchev–Trinajstić information content (AvgIpc) is 2.99. The Morgan fingerprint density at radius 3 is 2.05 bits per heavy atom. The number of fused-ring (bicyclic) bond motifs is 6. The van der Waals surface area contributed by atoms with Gasteiger partial charge in [-0.25, -0.2) is 0 Å². The Balaban J connectivity index is 1.50. The number of benzene rings is 4. The third-order valence-electron chi connectivity index (χ3n) is 9.15. The van der Waals surface area contributed by atoms with Gasteiger partial charge in [-0.3, -0.25) is 0 Å². The predicted molar refractivity (Wildman–Crippen MR) is 164 cm³/mol. The molecule has 8 rings (SSSR count). The molecule has 4 aromatic rings. The molecule has 0 aromatic heterocycles. The van der Waals surface area contributed by atoms with Gasteiger partial charge in [0.25, 0.3) is 0 Å². The van der Waals surface area contributed by atoms with E-state index in [1.165, 1.54) is 83.1 Å². The molecule has 38 heavy (non-hydrogen) atoms. The zero-order valence-corrected chi connectivity index (χ0v) is 21.8. The minimum atomic E-state index is 0.652. The molecular formula is C38H32. The summed E-state index contributed by atoms with van der Waals surface area (Å²) in [5.74, 6) is 0.652. The molecule has 0 bridgehead atoms. The number of hydrogen-bond donors (Lipinski definition) is 0. The van der Waals surface area contributed by atoms with E-state index >= 15 is 0 Å². The van der Waals surface area contributed by atoms with Crippen molar-refractivity contribution in [1.29, 1.82) is 0 Å². The van der Waals surface area contributed by atoms with Crippen molar-refractivity contribution in [2.45, 2.75) is 44.9 Å². The third-order valence-corrected chi connectivity index (χ3v) is 9.15. The standard InChI is InChI=1S/C38H32/c1-2-12-26-23-28(22-21-25(26)11-1)37-32-17-7-9-19-34(32)38(35-20-10-8-18-33(35)37)36-24-27-13-3-4-14-29(27)30-15-5-6-16-31(30)36/h1,3-4,7,9,11,13-22,24,26H,2,5-6,8,10,12,23H2. The molecule has 4 aliphatic rings. The maximum absolute atomic E-state index is 2.53. The van der Waals surface area contributed by atoms with Crippen LogP contribution in [-0.4, -0.2) is 0 Å². The summed E-state index contributed by atoms with van der Waals surface area (Å²) in [6, 6.07) is 20.6. The normalized spacial score (nSPS) is 19.6. The quantitative estimate of drug-likeness (QED) is 0.284. The molecule has 0 heteroatoms. The summed E-state index contributed by atoms with van der Waals surface area (Å²) < 4.78 is 0. The highest BCUT2D eigenvalue weighted by molar-refractivity contribution is 6.05. The lowest BCUT2D eigenvalue weighted by Gasteiger charge is -2.27. The largest absolute Gasteiger partial charge is 0.0842 e. The van der Waals surface area contributed by atoms with E-state index in [9.17, 15) is 0 Å². The maximum Gasteiger partial charge on any atom is -0.00234 e. The van der Waals surface area contributed by atoms with Crippen LogP contribution in [0, 0.1) is 5.92 Å². The van der Waals surface area contributed by atoms with Gasteiger partial charge in [-0.1, -0.05) is 97.1 Å². The highest BCUT2D eigenvalue weighted by Crippen LogP contribution is 2.39. The summed E-state index contributed by atoms with van der Waals surface area (Å²) in [6.45, 7) is 0. The predicted octanol–water partition coefficient (Wildman–Crippen LogP) is 7.05. The SMILES string of the molecule is C1=CC2=CC=C(c3c4c(c(-c5cc6ccccc6c6c5=CCCC=6)c5ccccc35)=CCCC=4)CC2CC1. The smallest absolute Gasteiger partial charge is 0.00234 e. The molecule has 0 heterocycles. The van der Waals surface area contributed by atoms with Gasteiger partial charge in [0.05, 0.1) is 0 Å². The summed E-state index contributed by atoms with van der Waals surface area (Å²) in [5.41, 5.74) is 7.33. The fourth-order valence-electron chi connectivity index (χ4n) is 7.43. The van der Waals surface area contributed by atoms with E-state index in [-0.39, 0.29) is 0 Å². The first-order valence-electron chi connectivity index (χ1n) is 14.4. The van der Waals surface area contributed by atoms with Crippen LogP contribution >= 0.6 is 0 Å². The van der Waals surface area contributed by atoms with Crippen molar-refractivity contribution in [3.8, 4) is 11.1 Å². The van der Waals surface area contributed by atoms with Gasteiger partial charge in [-0.05, 0) is 127 Å². The second-order valence-electron chi connectivity index (χ2n) is 11.3. The van der Waals surface area contributed by atoms with Crippen LogP contribution in [0.25, 0.3) is 62.5 Å². The first kappa shape index (κ1) is 22.1. The van der Waals surface area contributed by atoms with Crippen LogP contribution in [0.3, 0.4) is 0 Å². The van der Waals surface area contributed by atoms with Crippen LogP contribution in [0.4, 0.5) is 0 Å². The summed E-state index contributed by atoms with van der Waals surface area (Å²) in [6.07, 6.45) is 27.6. The zero-order valence-electron chi connectivity index (χ0n) is 21.8. The molecule has 0 spiro atoms. The van der Waals surface area contributed by atoms with Crippen LogP contribution in [0.15, 0.2) is 84.5 Å². The summed E-state index contributed by atoms with van der Waals surface area (Å²) >= 11 is 0. The van der Waals surface area contributed by atoms with Gasteiger partial charge in [0.2, 0.25) is 0 Å². The topological polar surface area (TPSA) is 0 Å². The molecule has 0 nitrogen and oxygen atoms in total. The summed E-state index contributed by atoms with van der Waals surface area (Å²) in [5, 5.41) is 11.3. The molecule has 0 saturated carbocycles. The van der Waals surface area contributed by atoms with Gasteiger partial charge in [0.15, 0.2) is 0 Å². The van der Waals surface area contributed by atoms with Gasteiger partial charge < -0.3 is 0 Å². The minimum Gasteiger partial charge on any atom is -0.0842 e. The molecule has 0 N–H and O–H groups in total. The lowest BCUT2D eigenvalue weighted by atomic mass is 9.77. The molecule has 1 unspecified atom stereocenters. The Bertz CT molecular complexity index is 1990. The maximum atomic E-state index is 2.53. The number of rotatable bonds is 2. The lowest BCUT2D eigenvalue weighted by Crippen LogP contribution is -2.36. The van der Waals surface area contributed by atoms with E-state index in [0.717, 1.165) is 32.1 Å². The Labute approximate surface area is 224 Å². The molecule has 0 aliphatic heterocycles. The average molecular weight is 489 g/mol. The molecule has 0 saturated heterocycles. The minimum absolute atomic E-state index is 0.652. The summed E-state index contributed by atoms with van der Waals surface area (Å²) in [4.78, 5) is 0. The fourth-order valence-corrected chi connectivity index (χ4v) is 7.43. The van der Waals surface area contributed by atoms with Crippen molar-refractivity contribution < 1.29 is 0 Å². The van der Waals surface area contributed by atoms with Gasteiger partial charge in [-0.2, -0.15) is 0 Å². The van der Waals surface area contributed by atoms with E-state index in [1.807, 2.05) is 0 Å². The van der Waals surface area contributed by atoms with Crippen LogP contribution < -0.4 is 20.9 Å². The lowest BCUT2D eigenvalue weighted by molar-refractivity contribution is 0.573. The van der Waals surface area contributed by atoms with Crippen molar-refractivity contribution in [3.63, 3.8) is 0 Å². The fraction of sp³-hybridized carbons (Fsp3) is 0.211. The molecule has 4 aromatic carbocycles. The van der Waals surface area contributed by atoms with Crippen LogP contribution in [0.5, 0.6) is 0 Å². The highest BCUT2D eigenvalue weighted by Gasteiger charge is 2.24. The Morgan fingerprint density at radius 2 is 1.24 bits per heavy atom. The highest BCUT2D eigenvalue weighted by atomic mass is 14.3. The molecule has 4 aliphatic carbocycles. The van der Waals surface area contributed by atoms with E-state index in [2.05, 4.69) is 103 Å². The second kappa shape index (κ2) is 8.84. The summed E-state index contributed by atoms with van der Waals surface area (Å²) in [7, 11) is 0. The van der Waals surface area contributed by atoms with E-state index in [0.29, 0.717) is 5.92 Å². The van der Waals surface area contributed by atoms with Gasteiger partial charge >= 0.3 is 0 Å². The Hall–Kier alpha value is -3.90. The van der Waals surface area contributed by atoms with Crippen LogP contribution in [0.2, 0.25) is 0 Å². The van der Waals surface area contributed by atoms with Crippen molar-refractivity contribution >= 4 is 51.4 Å². The first-order valence-corrected chi connectivity index (χ1v) is 14.4.